The van der Waals surface area contributed by atoms with Gasteiger partial charge in [-0.25, -0.2) is 9.67 Å². The second-order valence-electron chi connectivity index (χ2n) is 5.29. The molecule has 1 aliphatic carbocycles. The molecule has 0 aliphatic heterocycles. The second kappa shape index (κ2) is 4.72. The van der Waals surface area contributed by atoms with Crippen molar-refractivity contribution in [2.75, 3.05) is 0 Å². The minimum absolute atomic E-state index is 0.720. The van der Waals surface area contributed by atoms with E-state index in [-0.39, 0.29) is 0 Å². The minimum atomic E-state index is 0.720. The molecule has 1 saturated carbocycles. The quantitative estimate of drug-likeness (QED) is 0.788. The largest absolute Gasteiger partial charge is 0.310 e. The molecule has 20 heavy (non-hydrogen) atoms. The van der Waals surface area contributed by atoms with Crippen LogP contribution in [0.5, 0.6) is 0 Å². The lowest BCUT2D eigenvalue weighted by atomic mass is 10.2. The van der Waals surface area contributed by atoms with Crippen LogP contribution in [-0.4, -0.2) is 20.8 Å². The van der Waals surface area contributed by atoms with Gasteiger partial charge in [0.2, 0.25) is 0 Å². The predicted molar refractivity (Wildman–Crippen MR) is 78.7 cm³/mol. The summed E-state index contributed by atoms with van der Waals surface area (Å²) in [7, 11) is 0. The number of rotatable bonds is 4. The van der Waals surface area contributed by atoms with Crippen molar-refractivity contribution in [3.05, 3.63) is 54.4 Å². The van der Waals surface area contributed by atoms with Gasteiger partial charge in [0, 0.05) is 24.2 Å². The van der Waals surface area contributed by atoms with Crippen LogP contribution in [0, 0.1) is 0 Å². The molecule has 1 N–H and O–H groups in total. The molecule has 1 aromatic carbocycles. The number of nitrogens with zero attached hydrogens (tertiary/aromatic N) is 3. The summed E-state index contributed by atoms with van der Waals surface area (Å²) in [6.07, 6.45) is 6.35. The normalized spacial score (nSPS) is 14.8. The van der Waals surface area contributed by atoms with Crippen molar-refractivity contribution in [2.24, 2.45) is 0 Å². The Bertz CT molecular complexity index is 743. The fourth-order valence-corrected chi connectivity index (χ4v) is 2.39. The van der Waals surface area contributed by atoms with E-state index in [1.807, 2.05) is 29.2 Å². The molecule has 0 amide bonds. The Morgan fingerprint density at radius 2 is 2.10 bits per heavy atom. The average molecular weight is 264 g/mol. The molecule has 4 nitrogen and oxygen atoms in total. The number of para-hydroxylation sites is 1. The highest BCUT2D eigenvalue weighted by molar-refractivity contribution is 5.79. The average Bonchev–Trinajstić information content (AvgIpc) is 3.23. The molecule has 0 spiro atoms. The second-order valence-corrected chi connectivity index (χ2v) is 5.29. The standard InChI is InChI=1S/C16H16N4/c1-2-4-15-13(3-1)11-19-20(15)16-9-12(7-8-17-16)10-18-14-5-6-14/h1-4,7-9,11,14,18H,5-6,10H2. The maximum absolute atomic E-state index is 4.45. The molecule has 1 aliphatic rings. The molecule has 1 fully saturated rings. The zero-order chi connectivity index (χ0) is 13.4. The third-order valence-corrected chi connectivity index (χ3v) is 3.68. The first kappa shape index (κ1) is 11.6. The molecule has 0 saturated heterocycles. The van der Waals surface area contributed by atoms with Crippen molar-refractivity contribution in [3.63, 3.8) is 0 Å². The summed E-state index contributed by atoms with van der Waals surface area (Å²) >= 11 is 0. The van der Waals surface area contributed by atoms with Gasteiger partial charge >= 0.3 is 0 Å². The van der Waals surface area contributed by atoms with Gasteiger partial charge in [-0.05, 0) is 36.6 Å². The molecule has 0 atom stereocenters. The summed E-state index contributed by atoms with van der Waals surface area (Å²) in [4.78, 5) is 4.45. The van der Waals surface area contributed by atoms with Gasteiger partial charge in [-0.1, -0.05) is 18.2 Å². The maximum Gasteiger partial charge on any atom is 0.154 e. The Morgan fingerprint density at radius 3 is 3.00 bits per heavy atom. The molecule has 0 bridgehead atoms. The number of hydrogen-bond donors (Lipinski definition) is 1. The number of pyridine rings is 1. The molecule has 4 rings (SSSR count). The Morgan fingerprint density at radius 1 is 1.20 bits per heavy atom. The highest BCUT2D eigenvalue weighted by Gasteiger charge is 2.20. The van der Waals surface area contributed by atoms with Crippen LogP contribution < -0.4 is 5.32 Å². The lowest BCUT2D eigenvalue weighted by Gasteiger charge is -2.06. The van der Waals surface area contributed by atoms with E-state index in [2.05, 4.69) is 39.7 Å². The van der Waals surface area contributed by atoms with E-state index >= 15 is 0 Å². The van der Waals surface area contributed by atoms with Gasteiger partial charge in [-0.2, -0.15) is 5.10 Å². The molecule has 100 valence electrons. The number of benzene rings is 1. The molecule has 0 unspecified atom stereocenters. The van der Waals surface area contributed by atoms with Crippen LogP contribution in [0.2, 0.25) is 0 Å². The first-order chi connectivity index (χ1) is 9.90. The van der Waals surface area contributed by atoms with Gasteiger partial charge in [0.1, 0.15) is 0 Å². The van der Waals surface area contributed by atoms with Crippen LogP contribution in [0.1, 0.15) is 18.4 Å². The summed E-state index contributed by atoms with van der Waals surface area (Å²) in [6.45, 7) is 0.902. The Balaban J connectivity index is 1.68. The molecule has 0 radical (unpaired) electrons. The zero-order valence-corrected chi connectivity index (χ0v) is 11.2. The van der Waals surface area contributed by atoms with Crippen molar-refractivity contribution in [2.45, 2.75) is 25.4 Å². The molecule has 2 heterocycles. The van der Waals surface area contributed by atoms with Gasteiger partial charge < -0.3 is 5.32 Å². The zero-order valence-electron chi connectivity index (χ0n) is 11.2. The smallest absolute Gasteiger partial charge is 0.154 e. The van der Waals surface area contributed by atoms with E-state index in [1.165, 1.54) is 18.4 Å². The minimum Gasteiger partial charge on any atom is -0.310 e. The summed E-state index contributed by atoms with van der Waals surface area (Å²) in [5.74, 6) is 0.876. The van der Waals surface area contributed by atoms with E-state index in [1.54, 1.807) is 0 Å². The van der Waals surface area contributed by atoms with Crippen LogP contribution in [0.4, 0.5) is 0 Å². The van der Waals surface area contributed by atoms with Crippen molar-refractivity contribution in [1.82, 2.24) is 20.1 Å². The van der Waals surface area contributed by atoms with Crippen LogP contribution in [0.25, 0.3) is 16.7 Å². The van der Waals surface area contributed by atoms with Crippen molar-refractivity contribution < 1.29 is 0 Å². The third kappa shape index (κ3) is 2.18. The molecule has 4 heteroatoms. The first-order valence-electron chi connectivity index (χ1n) is 7.01. The van der Waals surface area contributed by atoms with Crippen molar-refractivity contribution in [1.29, 1.82) is 0 Å². The van der Waals surface area contributed by atoms with Crippen molar-refractivity contribution >= 4 is 10.9 Å². The first-order valence-corrected chi connectivity index (χ1v) is 7.01. The predicted octanol–water partition coefficient (Wildman–Crippen LogP) is 2.67. The topological polar surface area (TPSA) is 42.7 Å². The number of nitrogens with one attached hydrogen (secondary N) is 1. The highest BCUT2D eigenvalue weighted by atomic mass is 15.3. The van der Waals surface area contributed by atoms with Crippen LogP contribution in [0.3, 0.4) is 0 Å². The molecule has 2 aromatic heterocycles. The van der Waals surface area contributed by atoms with E-state index in [0.29, 0.717) is 0 Å². The third-order valence-electron chi connectivity index (χ3n) is 3.68. The van der Waals surface area contributed by atoms with Crippen LogP contribution in [-0.2, 0) is 6.54 Å². The lowest BCUT2D eigenvalue weighted by Crippen LogP contribution is -2.15. The summed E-state index contributed by atoms with van der Waals surface area (Å²) in [5.41, 5.74) is 2.34. The van der Waals surface area contributed by atoms with E-state index in [0.717, 1.165) is 29.3 Å². The Hall–Kier alpha value is -2.20. The van der Waals surface area contributed by atoms with E-state index in [4.69, 9.17) is 0 Å². The highest BCUT2D eigenvalue weighted by Crippen LogP contribution is 2.20. The fraction of sp³-hybridized carbons (Fsp3) is 0.250. The number of aromatic nitrogens is 3. The van der Waals surface area contributed by atoms with E-state index in [9.17, 15) is 0 Å². The Kier molecular flexibility index (Phi) is 2.74. The molecular weight excluding hydrogens is 248 g/mol. The van der Waals surface area contributed by atoms with Gasteiger partial charge in [-0.3, -0.25) is 0 Å². The van der Waals surface area contributed by atoms with Crippen molar-refractivity contribution in [3.8, 4) is 5.82 Å². The van der Waals surface area contributed by atoms with Gasteiger partial charge in [0.05, 0.1) is 11.7 Å². The summed E-state index contributed by atoms with van der Waals surface area (Å²) < 4.78 is 1.90. The monoisotopic (exact) mass is 264 g/mol. The molecule has 3 aromatic rings. The summed E-state index contributed by atoms with van der Waals surface area (Å²) in [5, 5.41) is 9.11. The molecular formula is C16H16N4. The summed E-state index contributed by atoms with van der Waals surface area (Å²) in [6, 6.07) is 13.1. The number of hydrogen-bond acceptors (Lipinski definition) is 3. The van der Waals surface area contributed by atoms with Crippen LogP contribution in [0.15, 0.2) is 48.8 Å². The van der Waals surface area contributed by atoms with Gasteiger partial charge in [-0.15, -0.1) is 0 Å². The lowest BCUT2D eigenvalue weighted by molar-refractivity contribution is 0.686. The van der Waals surface area contributed by atoms with Gasteiger partial charge in [0.25, 0.3) is 0 Å². The van der Waals surface area contributed by atoms with Gasteiger partial charge in [0.15, 0.2) is 5.82 Å². The van der Waals surface area contributed by atoms with E-state index < -0.39 is 0 Å². The van der Waals surface area contributed by atoms with Crippen LogP contribution >= 0.6 is 0 Å². The fourth-order valence-electron chi connectivity index (χ4n) is 2.39. The Labute approximate surface area is 117 Å². The maximum atomic E-state index is 4.45. The SMILES string of the molecule is c1ccc2c(c1)cnn2-c1cc(CNC2CC2)ccn1. The number of fused-ring (bicyclic) bond motifs is 1.